The van der Waals surface area contributed by atoms with Gasteiger partial charge in [0.2, 0.25) is 0 Å². The van der Waals surface area contributed by atoms with E-state index in [1.807, 2.05) is 20.8 Å². The van der Waals surface area contributed by atoms with Crippen molar-refractivity contribution in [1.82, 2.24) is 15.1 Å². The van der Waals surface area contributed by atoms with Gasteiger partial charge in [0, 0.05) is 5.41 Å². The second kappa shape index (κ2) is 7.25. The van der Waals surface area contributed by atoms with Crippen LogP contribution in [0.5, 0.6) is 5.75 Å². The summed E-state index contributed by atoms with van der Waals surface area (Å²) in [5.41, 5.74) is -1.46. The molecule has 0 atom stereocenters. The number of hydrogen-bond acceptors (Lipinski definition) is 5. The van der Waals surface area contributed by atoms with Gasteiger partial charge in [-0.15, -0.1) is 0 Å². The maximum Gasteiger partial charge on any atom is 0.322 e. The third-order valence-corrected chi connectivity index (χ3v) is 4.35. The third-order valence-electron chi connectivity index (χ3n) is 4.35. The molecule has 0 spiro atoms. The summed E-state index contributed by atoms with van der Waals surface area (Å²) in [5, 5.41) is 25.7. The molecular weight excluding hydrogens is 326 g/mol. The number of aromatic nitrogens is 2. The molecule has 2 rings (SSSR count). The molecule has 1 aromatic heterocycles. The molecule has 1 aliphatic rings. The van der Waals surface area contributed by atoms with Crippen molar-refractivity contribution in [2.45, 2.75) is 64.3 Å². The van der Waals surface area contributed by atoms with Crippen LogP contribution >= 0.6 is 0 Å². The Morgan fingerprint density at radius 1 is 1.24 bits per heavy atom. The SMILES string of the molecule is CC(C)(C)c1nn(C2CCCCC2)c(=O)c(C(=O)NCC(=O)O)c1O. The Bertz CT molecular complexity index is 727. The summed E-state index contributed by atoms with van der Waals surface area (Å²) >= 11 is 0. The molecule has 0 unspecified atom stereocenters. The highest BCUT2D eigenvalue weighted by atomic mass is 16.4. The van der Waals surface area contributed by atoms with E-state index in [0.717, 1.165) is 32.1 Å². The zero-order chi connectivity index (χ0) is 18.8. The minimum atomic E-state index is -1.23. The van der Waals surface area contributed by atoms with E-state index >= 15 is 0 Å². The maximum atomic E-state index is 12.8. The van der Waals surface area contributed by atoms with E-state index < -0.39 is 40.7 Å². The number of nitrogens with zero attached hydrogens (tertiary/aromatic N) is 2. The second-order valence-electron chi connectivity index (χ2n) is 7.44. The summed E-state index contributed by atoms with van der Waals surface area (Å²) in [6.07, 6.45) is 4.63. The summed E-state index contributed by atoms with van der Waals surface area (Å²) in [6.45, 7) is 4.84. The minimum absolute atomic E-state index is 0.117. The number of aliphatic carboxylic acids is 1. The number of aromatic hydroxyl groups is 1. The number of carbonyl (C=O) groups is 2. The number of carboxylic acid groups (broad SMARTS) is 1. The van der Waals surface area contributed by atoms with Crippen molar-refractivity contribution < 1.29 is 19.8 Å². The van der Waals surface area contributed by atoms with Gasteiger partial charge < -0.3 is 15.5 Å². The van der Waals surface area contributed by atoms with Crippen molar-refractivity contribution in [3.8, 4) is 5.75 Å². The van der Waals surface area contributed by atoms with Gasteiger partial charge in [0.05, 0.1) is 6.04 Å². The fraction of sp³-hybridized carbons (Fsp3) is 0.647. The molecule has 1 aromatic rings. The molecule has 1 saturated carbocycles. The first kappa shape index (κ1) is 19.0. The quantitative estimate of drug-likeness (QED) is 0.757. The summed E-state index contributed by atoms with van der Waals surface area (Å²) in [5.74, 6) is -2.61. The van der Waals surface area contributed by atoms with E-state index in [0.29, 0.717) is 0 Å². The summed E-state index contributed by atoms with van der Waals surface area (Å²) in [7, 11) is 0. The number of carbonyl (C=O) groups excluding carboxylic acids is 1. The van der Waals surface area contributed by atoms with Crippen molar-refractivity contribution in [1.29, 1.82) is 0 Å². The van der Waals surface area contributed by atoms with Crippen LogP contribution in [0, 0.1) is 0 Å². The van der Waals surface area contributed by atoms with Gasteiger partial charge >= 0.3 is 5.97 Å². The molecule has 0 aliphatic heterocycles. The Balaban J connectivity index is 2.57. The molecule has 8 nitrogen and oxygen atoms in total. The molecule has 0 radical (unpaired) electrons. The van der Waals surface area contributed by atoms with Crippen molar-refractivity contribution >= 4 is 11.9 Å². The Labute approximate surface area is 145 Å². The van der Waals surface area contributed by atoms with Gasteiger partial charge in [0.1, 0.15) is 17.8 Å². The molecule has 1 heterocycles. The van der Waals surface area contributed by atoms with Crippen LogP contribution in [0.1, 0.15) is 75.0 Å². The molecule has 0 aromatic carbocycles. The first-order valence-electron chi connectivity index (χ1n) is 8.49. The van der Waals surface area contributed by atoms with E-state index in [4.69, 9.17) is 5.11 Å². The van der Waals surface area contributed by atoms with Gasteiger partial charge in [-0.3, -0.25) is 14.4 Å². The van der Waals surface area contributed by atoms with Crippen molar-refractivity contribution in [3.63, 3.8) is 0 Å². The number of nitrogens with one attached hydrogen (secondary N) is 1. The van der Waals surface area contributed by atoms with Gasteiger partial charge in [0.15, 0.2) is 5.75 Å². The first-order valence-corrected chi connectivity index (χ1v) is 8.49. The van der Waals surface area contributed by atoms with Crippen LogP contribution in [-0.4, -0.2) is 38.4 Å². The number of hydrogen-bond donors (Lipinski definition) is 3. The Hall–Kier alpha value is -2.38. The number of amides is 1. The monoisotopic (exact) mass is 351 g/mol. The van der Waals surface area contributed by atoms with Crippen LogP contribution < -0.4 is 10.9 Å². The topological polar surface area (TPSA) is 122 Å². The number of carboxylic acids is 1. The van der Waals surface area contributed by atoms with Crippen LogP contribution in [0.3, 0.4) is 0 Å². The van der Waals surface area contributed by atoms with E-state index in [1.54, 1.807) is 0 Å². The molecule has 1 aliphatic carbocycles. The van der Waals surface area contributed by atoms with Gasteiger partial charge in [0.25, 0.3) is 11.5 Å². The largest absolute Gasteiger partial charge is 0.505 e. The van der Waals surface area contributed by atoms with Crippen molar-refractivity contribution in [3.05, 3.63) is 21.6 Å². The van der Waals surface area contributed by atoms with Gasteiger partial charge in [-0.2, -0.15) is 5.10 Å². The molecule has 1 amide bonds. The highest BCUT2D eigenvalue weighted by molar-refractivity contribution is 5.98. The highest BCUT2D eigenvalue weighted by Gasteiger charge is 2.31. The van der Waals surface area contributed by atoms with Crippen LogP contribution in [0.4, 0.5) is 0 Å². The average Bonchev–Trinajstić information content (AvgIpc) is 2.52. The molecule has 0 bridgehead atoms. The molecule has 3 N–H and O–H groups in total. The molecule has 8 heteroatoms. The fourth-order valence-electron chi connectivity index (χ4n) is 3.06. The maximum absolute atomic E-state index is 12.8. The molecule has 0 saturated heterocycles. The zero-order valence-corrected chi connectivity index (χ0v) is 14.8. The highest BCUT2D eigenvalue weighted by Crippen LogP contribution is 2.32. The predicted octanol–water partition coefficient (Wildman–Crippen LogP) is 1.57. The van der Waals surface area contributed by atoms with Crippen LogP contribution in [0.15, 0.2) is 4.79 Å². The minimum Gasteiger partial charge on any atom is -0.505 e. The Morgan fingerprint density at radius 3 is 2.36 bits per heavy atom. The standard InChI is InChI=1S/C17H25N3O5/c1-17(2,3)14-13(23)12(15(24)18-9-11(21)22)16(25)20(19-14)10-7-5-4-6-8-10/h10,23H,4-9H2,1-3H3,(H,18,24)(H,21,22). The fourth-order valence-corrected chi connectivity index (χ4v) is 3.06. The van der Waals surface area contributed by atoms with Crippen molar-refractivity contribution in [2.75, 3.05) is 6.54 Å². The van der Waals surface area contributed by atoms with Gasteiger partial charge in [-0.25, -0.2) is 4.68 Å². The van der Waals surface area contributed by atoms with Gasteiger partial charge in [-0.05, 0) is 12.8 Å². The smallest absolute Gasteiger partial charge is 0.322 e. The van der Waals surface area contributed by atoms with E-state index in [-0.39, 0.29) is 11.7 Å². The summed E-state index contributed by atoms with van der Waals surface area (Å²) < 4.78 is 1.30. The van der Waals surface area contributed by atoms with Crippen LogP contribution in [-0.2, 0) is 10.2 Å². The molecule has 25 heavy (non-hydrogen) atoms. The average molecular weight is 351 g/mol. The van der Waals surface area contributed by atoms with Crippen LogP contribution in [0.2, 0.25) is 0 Å². The van der Waals surface area contributed by atoms with Gasteiger partial charge in [-0.1, -0.05) is 40.0 Å². The van der Waals surface area contributed by atoms with Crippen LogP contribution in [0.25, 0.3) is 0 Å². The first-order chi connectivity index (χ1) is 11.6. The second-order valence-corrected chi connectivity index (χ2v) is 7.44. The normalized spacial score (nSPS) is 15.8. The lowest BCUT2D eigenvalue weighted by molar-refractivity contribution is -0.135. The summed E-state index contributed by atoms with van der Waals surface area (Å²) in [6, 6.07) is -0.117. The Morgan fingerprint density at radius 2 is 1.84 bits per heavy atom. The summed E-state index contributed by atoms with van der Waals surface area (Å²) in [4.78, 5) is 35.8. The van der Waals surface area contributed by atoms with E-state index in [9.17, 15) is 19.5 Å². The Kier molecular flexibility index (Phi) is 5.49. The molecule has 138 valence electrons. The van der Waals surface area contributed by atoms with E-state index in [1.165, 1.54) is 4.68 Å². The lowest BCUT2D eigenvalue weighted by Gasteiger charge is -2.27. The third kappa shape index (κ3) is 4.18. The molecule has 1 fully saturated rings. The lowest BCUT2D eigenvalue weighted by atomic mass is 9.90. The predicted molar refractivity (Wildman–Crippen MR) is 91.0 cm³/mol. The zero-order valence-electron chi connectivity index (χ0n) is 14.8. The van der Waals surface area contributed by atoms with Crippen molar-refractivity contribution in [2.24, 2.45) is 0 Å². The van der Waals surface area contributed by atoms with E-state index in [2.05, 4.69) is 10.4 Å². The lowest BCUT2D eigenvalue weighted by Crippen LogP contribution is -2.39. The number of rotatable bonds is 4. The molecular formula is C17H25N3O5.